The van der Waals surface area contributed by atoms with Crippen LogP contribution in [0.25, 0.3) is 0 Å². The molecule has 0 aromatic heterocycles. The predicted molar refractivity (Wildman–Crippen MR) is 95.8 cm³/mol. The van der Waals surface area contributed by atoms with Crippen LogP contribution in [0.5, 0.6) is 5.75 Å². The van der Waals surface area contributed by atoms with Crippen LogP contribution in [0.15, 0.2) is 54.6 Å². The fraction of sp³-hybridized carbons (Fsp3) is 0.300. The van der Waals surface area contributed by atoms with Crippen molar-refractivity contribution in [2.45, 2.75) is 20.3 Å². The van der Waals surface area contributed by atoms with E-state index in [1.807, 2.05) is 38.1 Å². The molecule has 5 heteroatoms. The normalized spacial score (nSPS) is 10.2. The summed E-state index contributed by atoms with van der Waals surface area (Å²) in [5.74, 6) is 0.428. The molecule has 0 saturated carbocycles. The molecule has 0 aliphatic carbocycles. The second-order valence-corrected chi connectivity index (χ2v) is 5.40. The third-order valence-corrected chi connectivity index (χ3v) is 3.83. The number of carbonyl (C=O) groups is 2. The van der Waals surface area contributed by atoms with Gasteiger partial charge in [0.2, 0.25) is 0 Å². The number of para-hydroxylation sites is 1. The van der Waals surface area contributed by atoms with E-state index in [1.165, 1.54) is 0 Å². The lowest BCUT2D eigenvalue weighted by atomic mass is 10.0. The van der Waals surface area contributed by atoms with E-state index in [0.29, 0.717) is 30.8 Å². The van der Waals surface area contributed by atoms with Gasteiger partial charge in [-0.3, -0.25) is 4.79 Å². The molecule has 25 heavy (non-hydrogen) atoms. The van der Waals surface area contributed by atoms with Crippen molar-refractivity contribution < 1.29 is 19.1 Å². The van der Waals surface area contributed by atoms with Gasteiger partial charge in [-0.15, -0.1) is 0 Å². The topological polar surface area (TPSA) is 55.8 Å². The first-order valence-electron chi connectivity index (χ1n) is 8.42. The van der Waals surface area contributed by atoms with Crippen molar-refractivity contribution in [2.75, 3.05) is 19.7 Å². The van der Waals surface area contributed by atoms with Crippen molar-refractivity contribution in [1.82, 2.24) is 4.90 Å². The fourth-order valence-corrected chi connectivity index (χ4v) is 2.49. The Hall–Kier alpha value is -2.82. The van der Waals surface area contributed by atoms with Crippen LogP contribution < -0.4 is 4.74 Å². The predicted octanol–water partition coefficient (Wildman–Crippen LogP) is 3.93. The molecule has 0 spiro atoms. The van der Waals surface area contributed by atoms with Gasteiger partial charge in [-0.25, -0.2) is 4.79 Å². The molecular formula is C20H23NO4. The summed E-state index contributed by atoms with van der Waals surface area (Å²) >= 11 is 0. The maximum Gasteiger partial charge on any atom is 0.513 e. The van der Waals surface area contributed by atoms with Crippen LogP contribution in [0, 0.1) is 0 Å². The highest BCUT2D eigenvalue weighted by Crippen LogP contribution is 2.14. The van der Waals surface area contributed by atoms with Crippen LogP contribution in [0.3, 0.4) is 0 Å². The lowest BCUT2D eigenvalue weighted by molar-refractivity contribution is 0.0771. The van der Waals surface area contributed by atoms with E-state index < -0.39 is 6.16 Å². The van der Waals surface area contributed by atoms with E-state index in [1.54, 1.807) is 35.2 Å². The van der Waals surface area contributed by atoms with Gasteiger partial charge in [0.1, 0.15) is 5.75 Å². The maximum atomic E-state index is 12.6. The third-order valence-electron chi connectivity index (χ3n) is 3.83. The number of hydrogen-bond donors (Lipinski definition) is 0. The van der Waals surface area contributed by atoms with Crippen LogP contribution in [0.4, 0.5) is 4.79 Å². The van der Waals surface area contributed by atoms with E-state index >= 15 is 0 Å². The number of carbonyl (C=O) groups excluding carboxylic acids is 2. The highest BCUT2D eigenvalue weighted by molar-refractivity contribution is 5.95. The van der Waals surface area contributed by atoms with Gasteiger partial charge < -0.3 is 14.4 Å². The first-order valence-corrected chi connectivity index (χ1v) is 8.42. The first kappa shape index (κ1) is 18.5. The summed E-state index contributed by atoms with van der Waals surface area (Å²) < 4.78 is 10.2. The molecule has 5 nitrogen and oxygen atoms in total. The molecular weight excluding hydrogens is 318 g/mol. The molecule has 1 amide bonds. The summed E-state index contributed by atoms with van der Waals surface area (Å²) in [6, 6.07) is 16.1. The zero-order chi connectivity index (χ0) is 18.1. The second kappa shape index (κ2) is 9.47. The molecule has 0 aliphatic heterocycles. The molecule has 0 saturated heterocycles. The van der Waals surface area contributed by atoms with Crippen molar-refractivity contribution in [2.24, 2.45) is 0 Å². The van der Waals surface area contributed by atoms with Gasteiger partial charge in [0.25, 0.3) is 5.91 Å². The summed E-state index contributed by atoms with van der Waals surface area (Å²) in [4.78, 5) is 26.0. The molecule has 2 aromatic rings. The zero-order valence-electron chi connectivity index (χ0n) is 14.6. The monoisotopic (exact) mass is 341 g/mol. The number of rotatable bonds is 7. The molecule has 0 heterocycles. The van der Waals surface area contributed by atoms with Crippen LogP contribution in [0.1, 0.15) is 29.8 Å². The lowest BCUT2D eigenvalue weighted by Gasteiger charge is -2.20. The Morgan fingerprint density at radius 3 is 2.24 bits per heavy atom. The SMILES string of the molecule is CCN(CC)C(=O)c1ccccc1CCOC(=O)Oc1ccccc1. The largest absolute Gasteiger partial charge is 0.513 e. The Kier molecular flexibility index (Phi) is 7.01. The van der Waals surface area contributed by atoms with Gasteiger partial charge in [-0.1, -0.05) is 36.4 Å². The van der Waals surface area contributed by atoms with E-state index in [2.05, 4.69) is 0 Å². The highest BCUT2D eigenvalue weighted by atomic mass is 16.7. The molecule has 0 bridgehead atoms. The molecule has 0 fully saturated rings. The second-order valence-electron chi connectivity index (χ2n) is 5.40. The smallest absolute Gasteiger partial charge is 0.434 e. The number of nitrogens with zero attached hydrogens (tertiary/aromatic N) is 1. The van der Waals surface area contributed by atoms with Crippen LogP contribution in [-0.4, -0.2) is 36.7 Å². The maximum absolute atomic E-state index is 12.6. The van der Waals surface area contributed by atoms with Gasteiger partial charge in [0.05, 0.1) is 6.61 Å². The molecule has 0 radical (unpaired) electrons. The number of benzene rings is 2. The lowest BCUT2D eigenvalue weighted by Crippen LogP contribution is -2.31. The Morgan fingerprint density at radius 2 is 1.56 bits per heavy atom. The molecule has 0 N–H and O–H groups in total. The van der Waals surface area contributed by atoms with Crippen molar-refractivity contribution in [3.05, 3.63) is 65.7 Å². The molecule has 2 rings (SSSR count). The van der Waals surface area contributed by atoms with Crippen LogP contribution >= 0.6 is 0 Å². The Labute approximate surface area is 148 Å². The van der Waals surface area contributed by atoms with Gasteiger partial charge in [0.15, 0.2) is 0 Å². The standard InChI is InChI=1S/C20H23NO4/c1-3-21(4-2)19(22)18-13-9-8-10-16(18)14-15-24-20(23)25-17-11-6-5-7-12-17/h5-13H,3-4,14-15H2,1-2H3. The fourth-order valence-electron chi connectivity index (χ4n) is 2.49. The minimum Gasteiger partial charge on any atom is -0.434 e. The van der Waals surface area contributed by atoms with Crippen molar-refractivity contribution >= 4 is 12.1 Å². The summed E-state index contributed by atoms with van der Waals surface area (Å²) in [5.41, 5.74) is 1.50. The summed E-state index contributed by atoms with van der Waals surface area (Å²) in [7, 11) is 0. The average Bonchev–Trinajstić information content (AvgIpc) is 2.64. The van der Waals surface area contributed by atoms with Crippen molar-refractivity contribution in [1.29, 1.82) is 0 Å². The first-order chi connectivity index (χ1) is 12.2. The van der Waals surface area contributed by atoms with Crippen molar-refractivity contribution in [3.8, 4) is 5.75 Å². The third kappa shape index (κ3) is 5.35. The molecule has 2 aromatic carbocycles. The highest BCUT2D eigenvalue weighted by Gasteiger charge is 2.16. The van der Waals surface area contributed by atoms with Gasteiger partial charge in [0, 0.05) is 25.1 Å². The molecule has 0 aliphatic rings. The van der Waals surface area contributed by atoms with E-state index in [0.717, 1.165) is 5.56 Å². The van der Waals surface area contributed by atoms with E-state index in [9.17, 15) is 9.59 Å². The Balaban J connectivity index is 1.92. The summed E-state index contributed by atoms with van der Waals surface area (Å²) in [6.45, 7) is 5.36. The van der Waals surface area contributed by atoms with Crippen molar-refractivity contribution in [3.63, 3.8) is 0 Å². The Morgan fingerprint density at radius 1 is 0.920 bits per heavy atom. The minimum atomic E-state index is -0.751. The molecule has 0 atom stereocenters. The van der Waals surface area contributed by atoms with Gasteiger partial charge in [-0.2, -0.15) is 0 Å². The van der Waals surface area contributed by atoms with Crippen LogP contribution in [-0.2, 0) is 11.2 Å². The zero-order valence-corrected chi connectivity index (χ0v) is 14.6. The number of amides is 1. The van der Waals surface area contributed by atoms with Crippen LogP contribution in [0.2, 0.25) is 0 Å². The van der Waals surface area contributed by atoms with Gasteiger partial charge >= 0.3 is 6.16 Å². The molecule has 0 unspecified atom stereocenters. The number of hydrogen-bond acceptors (Lipinski definition) is 4. The quantitative estimate of drug-likeness (QED) is 0.566. The van der Waals surface area contributed by atoms with Gasteiger partial charge in [-0.05, 0) is 37.6 Å². The minimum absolute atomic E-state index is 0.00698. The average molecular weight is 341 g/mol. The Bertz CT molecular complexity index is 696. The number of ether oxygens (including phenoxy) is 2. The summed E-state index contributed by atoms with van der Waals surface area (Å²) in [5, 5.41) is 0. The molecule has 132 valence electrons. The van der Waals surface area contributed by atoms with E-state index in [4.69, 9.17) is 9.47 Å². The summed E-state index contributed by atoms with van der Waals surface area (Å²) in [6.07, 6.45) is -0.300. The van der Waals surface area contributed by atoms with E-state index in [-0.39, 0.29) is 12.5 Å².